The number of carbonyl (C=O) groups is 2. The minimum atomic E-state index is -0.539. The highest BCUT2D eigenvalue weighted by atomic mass is 16.5. The molecule has 180 valence electrons. The first-order chi connectivity index (χ1) is 15.7. The number of ketones is 1. The molecule has 0 aliphatic heterocycles. The summed E-state index contributed by atoms with van der Waals surface area (Å²) in [6.07, 6.45) is 13.9. The van der Waals surface area contributed by atoms with Crippen LogP contribution in [-0.4, -0.2) is 38.8 Å². The van der Waals surface area contributed by atoms with Crippen molar-refractivity contribution in [2.45, 2.75) is 84.3 Å². The fourth-order valence-electron chi connectivity index (χ4n) is 8.04. The smallest absolute Gasteiger partial charge is 0.341 e. The molecule has 1 N–H and O–H groups in total. The zero-order valence-electron chi connectivity index (χ0n) is 20.3. The Morgan fingerprint density at radius 1 is 1.18 bits per heavy atom. The van der Waals surface area contributed by atoms with E-state index in [9.17, 15) is 14.7 Å². The molecule has 3 saturated carbocycles. The highest BCUT2D eigenvalue weighted by molar-refractivity contribution is 5.89. The van der Waals surface area contributed by atoms with Crippen LogP contribution in [0.25, 0.3) is 0 Å². The molecule has 3 fully saturated rings. The van der Waals surface area contributed by atoms with Gasteiger partial charge in [0.25, 0.3) is 0 Å². The Hall–Kier alpha value is -1.95. The normalized spacial score (nSPS) is 39.8. The first kappa shape index (κ1) is 22.8. The van der Waals surface area contributed by atoms with Crippen LogP contribution >= 0.6 is 0 Å². The van der Waals surface area contributed by atoms with Crippen LogP contribution in [0.3, 0.4) is 0 Å². The summed E-state index contributed by atoms with van der Waals surface area (Å²) in [5, 5.41) is 14.8. The summed E-state index contributed by atoms with van der Waals surface area (Å²) in [5.41, 5.74) is 1.42. The number of esters is 1. The second kappa shape index (κ2) is 8.37. The molecule has 0 aromatic carbocycles. The number of rotatable bonds is 5. The van der Waals surface area contributed by atoms with E-state index < -0.39 is 11.6 Å². The van der Waals surface area contributed by atoms with E-state index in [1.54, 1.807) is 17.8 Å². The number of carbonyl (C=O) groups excluding carboxylic acids is 2. The number of hydrogen-bond donors (Lipinski definition) is 1. The maximum absolute atomic E-state index is 13.4. The van der Waals surface area contributed by atoms with Gasteiger partial charge >= 0.3 is 5.97 Å². The zero-order valence-corrected chi connectivity index (χ0v) is 20.3. The van der Waals surface area contributed by atoms with Crippen LogP contribution < -0.4 is 0 Å². The number of fused-ring (bicyclic) bond motifs is 5. The third-order valence-electron chi connectivity index (χ3n) is 9.57. The van der Waals surface area contributed by atoms with E-state index in [0.717, 1.165) is 44.9 Å². The molecule has 7 atom stereocenters. The van der Waals surface area contributed by atoms with Crippen molar-refractivity contribution in [3.8, 4) is 0 Å². The Bertz CT molecular complexity index is 963. The van der Waals surface area contributed by atoms with Crippen molar-refractivity contribution in [2.75, 3.05) is 6.61 Å². The van der Waals surface area contributed by atoms with Gasteiger partial charge in [-0.15, -0.1) is 0 Å². The second-order valence-corrected chi connectivity index (χ2v) is 11.6. The Morgan fingerprint density at radius 3 is 2.79 bits per heavy atom. The molecule has 0 bridgehead atoms. The van der Waals surface area contributed by atoms with Crippen LogP contribution in [0.4, 0.5) is 0 Å². The quantitative estimate of drug-likeness (QED) is 0.521. The summed E-state index contributed by atoms with van der Waals surface area (Å²) in [6, 6.07) is 0. The number of Topliss-reactive ketones (excluding diaryl/α,β-unsaturated/α-hetero) is 1. The number of allylic oxidation sites excluding steroid dienone is 1. The van der Waals surface area contributed by atoms with Crippen LogP contribution in [0.5, 0.6) is 0 Å². The van der Waals surface area contributed by atoms with Crippen LogP contribution in [0, 0.1) is 35.0 Å². The molecular formula is C27H38N2O4. The number of aliphatic hydroxyl groups is 1. The highest BCUT2D eigenvalue weighted by Crippen LogP contribution is 2.63. The summed E-state index contributed by atoms with van der Waals surface area (Å²) in [6.45, 7) is 6.67. The van der Waals surface area contributed by atoms with Crippen LogP contribution in [-0.2, 0) is 16.1 Å². The average molecular weight is 455 g/mol. The largest absolute Gasteiger partial charge is 0.462 e. The number of aromatic nitrogens is 2. The fourth-order valence-corrected chi connectivity index (χ4v) is 8.04. The summed E-state index contributed by atoms with van der Waals surface area (Å²) in [7, 11) is 0. The molecule has 1 heterocycles. The standard InChI is InChI=1S/C27H38N2O4/c1-4-33-25(31)18-14-28-29(15-18)16-24(30)23-8-7-22-21-6-5-17-13-26(2,32)11-9-19(17)20(21)10-12-27(22,23)3/h5,14-15,19-23,32H,4,6-13,16H2,1-3H3/t19-,20+,21+,22-,23+,26+,27-/m0/s1. The van der Waals surface area contributed by atoms with Gasteiger partial charge in [-0.1, -0.05) is 18.6 Å². The lowest BCUT2D eigenvalue weighted by molar-refractivity contribution is -0.129. The van der Waals surface area contributed by atoms with E-state index in [4.69, 9.17) is 4.74 Å². The molecule has 0 spiro atoms. The van der Waals surface area contributed by atoms with Gasteiger partial charge in [0.2, 0.25) is 0 Å². The fraction of sp³-hybridized carbons (Fsp3) is 0.741. The van der Waals surface area contributed by atoms with E-state index in [1.165, 1.54) is 18.2 Å². The lowest BCUT2D eigenvalue weighted by atomic mass is 9.51. The Balaban J connectivity index is 1.29. The molecule has 6 heteroatoms. The summed E-state index contributed by atoms with van der Waals surface area (Å²) in [5.74, 6) is 2.53. The molecule has 5 rings (SSSR count). The molecule has 0 radical (unpaired) electrons. The van der Waals surface area contributed by atoms with Crippen molar-refractivity contribution in [3.63, 3.8) is 0 Å². The molecular weight excluding hydrogens is 416 g/mol. The maximum atomic E-state index is 13.4. The highest BCUT2D eigenvalue weighted by Gasteiger charge is 2.57. The summed E-state index contributed by atoms with van der Waals surface area (Å²) >= 11 is 0. The van der Waals surface area contributed by atoms with Crippen LogP contribution in [0.15, 0.2) is 24.0 Å². The van der Waals surface area contributed by atoms with Crippen molar-refractivity contribution >= 4 is 11.8 Å². The van der Waals surface area contributed by atoms with Gasteiger partial charge < -0.3 is 9.84 Å². The van der Waals surface area contributed by atoms with Gasteiger partial charge in [0.15, 0.2) is 5.78 Å². The molecule has 4 aliphatic rings. The van der Waals surface area contributed by atoms with E-state index in [0.29, 0.717) is 35.8 Å². The van der Waals surface area contributed by atoms with Crippen molar-refractivity contribution in [1.82, 2.24) is 9.78 Å². The molecule has 1 aromatic rings. The summed E-state index contributed by atoms with van der Waals surface area (Å²) < 4.78 is 6.63. The van der Waals surface area contributed by atoms with E-state index in [2.05, 4.69) is 18.1 Å². The van der Waals surface area contributed by atoms with Crippen LogP contribution in [0.2, 0.25) is 0 Å². The molecule has 33 heavy (non-hydrogen) atoms. The maximum Gasteiger partial charge on any atom is 0.341 e. The van der Waals surface area contributed by atoms with E-state index in [-0.39, 0.29) is 23.7 Å². The van der Waals surface area contributed by atoms with Crippen molar-refractivity contribution in [3.05, 3.63) is 29.6 Å². The van der Waals surface area contributed by atoms with E-state index >= 15 is 0 Å². The molecule has 6 nitrogen and oxygen atoms in total. The van der Waals surface area contributed by atoms with Gasteiger partial charge in [0.05, 0.1) is 30.5 Å². The van der Waals surface area contributed by atoms with E-state index in [1.807, 2.05) is 6.92 Å². The first-order valence-electron chi connectivity index (χ1n) is 12.9. The predicted molar refractivity (Wildman–Crippen MR) is 124 cm³/mol. The molecule has 0 saturated heterocycles. The van der Waals surface area contributed by atoms with Gasteiger partial charge in [-0.3, -0.25) is 9.48 Å². The minimum Gasteiger partial charge on any atom is -0.462 e. The summed E-state index contributed by atoms with van der Waals surface area (Å²) in [4.78, 5) is 25.4. The zero-order chi connectivity index (χ0) is 23.4. The van der Waals surface area contributed by atoms with Crippen molar-refractivity contribution in [2.24, 2.45) is 35.0 Å². The lowest BCUT2D eigenvalue weighted by Gasteiger charge is -2.54. The van der Waals surface area contributed by atoms with Gasteiger partial charge in [0, 0.05) is 12.1 Å². The third kappa shape index (κ3) is 3.98. The molecule has 0 amide bonds. The second-order valence-electron chi connectivity index (χ2n) is 11.6. The molecule has 1 aromatic heterocycles. The van der Waals surface area contributed by atoms with Gasteiger partial charge in [-0.25, -0.2) is 4.79 Å². The minimum absolute atomic E-state index is 0.0564. The first-order valence-corrected chi connectivity index (χ1v) is 12.9. The average Bonchev–Trinajstić information content (AvgIpc) is 3.37. The van der Waals surface area contributed by atoms with Crippen LogP contribution in [0.1, 0.15) is 82.5 Å². The SMILES string of the molecule is CCOC(=O)c1cnn(CC(=O)[C@H]2CC[C@H]3[C@@H]4CC=C5C[C@](C)(O)CC[C@@H]5[C@H]4CC[C@]23C)c1. The molecule has 4 aliphatic carbocycles. The number of nitrogens with zero attached hydrogens (tertiary/aromatic N) is 2. The topological polar surface area (TPSA) is 81.4 Å². The van der Waals surface area contributed by atoms with Crippen molar-refractivity contribution < 1.29 is 19.4 Å². The van der Waals surface area contributed by atoms with Gasteiger partial charge in [-0.05, 0) is 94.3 Å². The third-order valence-corrected chi connectivity index (χ3v) is 9.57. The Morgan fingerprint density at radius 2 is 2.00 bits per heavy atom. The van der Waals surface area contributed by atoms with Gasteiger partial charge in [-0.2, -0.15) is 5.10 Å². The monoisotopic (exact) mass is 454 g/mol. The number of ether oxygens (including phenoxy) is 1. The Labute approximate surface area is 196 Å². The molecule has 0 unspecified atom stereocenters. The number of hydrogen-bond acceptors (Lipinski definition) is 5. The lowest BCUT2D eigenvalue weighted by Crippen LogP contribution is -2.48. The predicted octanol–water partition coefficient (Wildman–Crippen LogP) is 4.57. The van der Waals surface area contributed by atoms with Gasteiger partial charge in [0.1, 0.15) is 0 Å². The Kier molecular flexibility index (Phi) is 5.79. The van der Waals surface area contributed by atoms with Crippen molar-refractivity contribution in [1.29, 1.82) is 0 Å².